The van der Waals surface area contributed by atoms with Gasteiger partial charge >= 0.3 is 0 Å². The first-order valence-corrected chi connectivity index (χ1v) is 6.53. The SMILES string of the molecule is COc1ccc(CO[C@@H]2C[C@@H]3C[C@H]2CC3=O)cc1. The lowest BCUT2D eigenvalue weighted by Crippen LogP contribution is -2.24. The largest absolute Gasteiger partial charge is 0.497 e. The number of benzene rings is 1. The van der Waals surface area contributed by atoms with E-state index < -0.39 is 0 Å². The summed E-state index contributed by atoms with van der Waals surface area (Å²) >= 11 is 0. The summed E-state index contributed by atoms with van der Waals surface area (Å²) < 4.78 is 11.1. The zero-order valence-electron chi connectivity index (χ0n) is 10.6. The van der Waals surface area contributed by atoms with Crippen LogP contribution >= 0.6 is 0 Å². The van der Waals surface area contributed by atoms with Crippen molar-refractivity contribution in [3.8, 4) is 5.75 Å². The van der Waals surface area contributed by atoms with Gasteiger partial charge in [0.2, 0.25) is 0 Å². The van der Waals surface area contributed by atoms with E-state index in [4.69, 9.17) is 9.47 Å². The van der Waals surface area contributed by atoms with Gasteiger partial charge in [-0.15, -0.1) is 0 Å². The highest BCUT2D eigenvalue weighted by atomic mass is 16.5. The number of ether oxygens (including phenoxy) is 2. The van der Waals surface area contributed by atoms with Gasteiger partial charge in [-0.3, -0.25) is 4.79 Å². The first kappa shape index (κ1) is 11.7. The number of methoxy groups -OCH3 is 1. The summed E-state index contributed by atoms with van der Waals surface area (Å²) in [6.07, 6.45) is 3.00. The van der Waals surface area contributed by atoms with Gasteiger partial charge in [-0.1, -0.05) is 12.1 Å². The van der Waals surface area contributed by atoms with Crippen molar-refractivity contribution >= 4 is 5.78 Å². The molecule has 0 heterocycles. The lowest BCUT2D eigenvalue weighted by Gasteiger charge is -2.21. The molecule has 0 radical (unpaired) electrons. The van der Waals surface area contributed by atoms with Crippen LogP contribution in [0, 0.1) is 11.8 Å². The van der Waals surface area contributed by atoms with Gasteiger partial charge in [0.05, 0.1) is 19.8 Å². The molecule has 0 spiro atoms. The summed E-state index contributed by atoms with van der Waals surface area (Å²) in [6, 6.07) is 7.94. The van der Waals surface area contributed by atoms with E-state index in [9.17, 15) is 4.79 Å². The zero-order valence-corrected chi connectivity index (χ0v) is 10.6. The molecule has 0 aromatic heterocycles. The number of ketones is 1. The van der Waals surface area contributed by atoms with Crippen LogP contribution in [0.2, 0.25) is 0 Å². The second-order valence-electron chi connectivity index (χ2n) is 5.30. The van der Waals surface area contributed by atoms with Crippen molar-refractivity contribution in [2.24, 2.45) is 11.8 Å². The van der Waals surface area contributed by atoms with Crippen molar-refractivity contribution in [1.29, 1.82) is 0 Å². The fourth-order valence-electron chi connectivity index (χ4n) is 3.12. The molecule has 2 aliphatic carbocycles. The van der Waals surface area contributed by atoms with Crippen molar-refractivity contribution < 1.29 is 14.3 Å². The fraction of sp³-hybridized carbons (Fsp3) is 0.533. The highest BCUT2D eigenvalue weighted by Crippen LogP contribution is 2.43. The Morgan fingerprint density at radius 1 is 1.22 bits per heavy atom. The minimum absolute atomic E-state index is 0.287. The van der Waals surface area contributed by atoms with Gasteiger partial charge < -0.3 is 9.47 Å². The van der Waals surface area contributed by atoms with Crippen molar-refractivity contribution in [2.45, 2.75) is 32.0 Å². The van der Waals surface area contributed by atoms with Crippen LogP contribution in [0.3, 0.4) is 0 Å². The third-order valence-electron chi connectivity index (χ3n) is 4.17. The van der Waals surface area contributed by atoms with Crippen molar-refractivity contribution in [1.82, 2.24) is 0 Å². The van der Waals surface area contributed by atoms with E-state index in [0.717, 1.165) is 30.6 Å². The van der Waals surface area contributed by atoms with E-state index in [1.165, 1.54) is 0 Å². The van der Waals surface area contributed by atoms with Crippen LogP contribution in [0.1, 0.15) is 24.8 Å². The van der Waals surface area contributed by atoms with Gasteiger partial charge in [0, 0.05) is 12.3 Å². The quantitative estimate of drug-likeness (QED) is 0.819. The normalized spacial score (nSPS) is 29.8. The third-order valence-corrected chi connectivity index (χ3v) is 4.17. The molecule has 2 fully saturated rings. The highest BCUT2D eigenvalue weighted by Gasteiger charge is 2.45. The topological polar surface area (TPSA) is 35.5 Å². The van der Waals surface area contributed by atoms with Gasteiger partial charge in [-0.2, -0.15) is 0 Å². The molecule has 2 bridgehead atoms. The Morgan fingerprint density at radius 2 is 2.00 bits per heavy atom. The predicted molar refractivity (Wildman–Crippen MR) is 67.4 cm³/mol. The lowest BCUT2D eigenvalue weighted by molar-refractivity contribution is -0.124. The molecule has 0 amide bonds. The van der Waals surface area contributed by atoms with Crippen LogP contribution in [0.25, 0.3) is 0 Å². The van der Waals surface area contributed by atoms with Crippen LogP contribution in [0.4, 0.5) is 0 Å². The lowest BCUT2D eigenvalue weighted by atomic mass is 9.96. The predicted octanol–water partition coefficient (Wildman–Crippen LogP) is 2.58. The standard InChI is InChI=1S/C15H18O3/c1-17-13-4-2-10(3-5-13)9-18-15-8-11-6-12(15)7-14(11)16/h2-5,11-12,15H,6-9H2,1H3/t11-,12-,15+/m0/s1. The molecule has 3 heteroatoms. The van der Waals surface area contributed by atoms with Crippen LogP contribution in [0.15, 0.2) is 24.3 Å². The summed E-state index contributed by atoms with van der Waals surface area (Å²) in [6.45, 7) is 0.631. The van der Waals surface area contributed by atoms with Gasteiger partial charge in [-0.25, -0.2) is 0 Å². The monoisotopic (exact) mass is 246 g/mol. The molecular weight excluding hydrogens is 228 g/mol. The molecule has 0 aliphatic heterocycles. The number of carbonyl (C=O) groups excluding carboxylic acids is 1. The number of carbonyl (C=O) groups is 1. The van der Waals surface area contributed by atoms with Crippen molar-refractivity contribution in [3.63, 3.8) is 0 Å². The minimum Gasteiger partial charge on any atom is -0.497 e. The molecule has 2 saturated carbocycles. The first-order valence-electron chi connectivity index (χ1n) is 6.53. The first-order chi connectivity index (χ1) is 8.76. The van der Waals surface area contributed by atoms with Gasteiger partial charge in [0.1, 0.15) is 11.5 Å². The number of Topliss-reactive ketones (excluding diaryl/α,β-unsaturated/α-hetero) is 1. The summed E-state index contributed by atoms with van der Waals surface area (Å²) in [5, 5.41) is 0. The Bertz CT molecular complexity index is 438. The number of hydrogen-bond acceptors (Lipinski definition) is 3. The average Bonchev–Trinajstić information content (AvgIpc) is 2.95. The maximum Gasteiger partial charge on any atom is 0.136 e. The molecule has 1 aromatic rings. The van der Waals surface area contributed by atoms with E-state index in [1.54, 1.807) is 7.11 Å². The van der Waals surface area contributed by atoms with Gasteiger partial charge in [0.25, 0.3) is 0 Å². The van der Waals surface area contributed by atoms with Gasteiger partial charge in [0.15, 0.2) is 0 Å². The minimum atomic E-state index is 0.287. The smallest absolute Gasteiger partial charge is 0.136 e. The Morgan fingerprint density at radius 3 is 2.56 bits per heavy atom. The molecule has 18 heavy (non-hydrogen) atoms. The molecule has 1 aromatic carbocycles. The van der Waals surface area contributed by atoms with Crippen LogP contribution < -0.4 is 4.74 Å². The Balaban J connectivity index is 1.54. The molecule has 3 nitrogen and oxygen atoms in total. The fourth-order valence-corrected chi connectivity index (χ4v) is 3.12. The number of hydrogen-bond donors (Lipinski definition) is 0. The molecule has 3 atom stereocenters. The molecule has 3 rings (SSSR count). The second kappa shape index (κ2) is 4.73. The van der Waals surface area contributed by atoms with Crippen LogP contribution in [-0.2, 0) is 16.1 Å². The summed E-state index contributed by atoms with van der Waals surface area (Å²) in [4.78, 5) is 11.5. The maximum atomic E-state index is 11.5. The highest BCUT2D eigenvalue weighted by molar-refractivity contribution is 5.84. The second-order valence-corrected chi connectivity index (χ2v) is 5.30. The van der Waals surface area contributed by atoms with E-state index in [0.29, 0.717) is 18.3 Å². The molecule has 0 unspecified atom stereocenters. The zero-order chi connectivity index (χ0) is 12.5. The summed E-state index contributed by atoms with van der Waals surface area (Å²) in [7, 11) is 1.66. The van der Waals surface area contributed by atoms with Crippen LogP contribution in [0.5, 0.6) is 5.75 Å². The number of rotatable bonds is 4. The van der Waals surface area contributed by atoms with E-state index >= 15 is 0 Å². The molecule has 0 saturated heterocycles. The van der Waals surface area contributed by atoms with E-state index in [1.807, 2.05) is 24.3 Å². The Hall–Kier alpha value is -1.35. The molecule has 0 N–H and O–H groups in total. The summed E-state index contributed by atoms with van der Waals surface area (Å²) in [5.74, 6) is 2.07. The summed E-state index contributed by atoms with van der Waals surface area (Å²) in [5.41, 5.74) is 1.16. The third kappa shape index (κ3) is 2.15. The van der Waals surface area contributed by atoms with Crippen molar-refractivity contribution in [2.75, 3.05) is 7.11 Å². The maximum absolute atomic E-state index is 11.5. The van der Waals surface area contributed by atoms with Crippen LogP contribution in [-0.4, -0.2) is 19.0 Å². The Kier molecular flexibility index (Phi) is 3.08. The average molecular weight is 246 g/mol. The van der Waals surface area contributed by atoms with E-state index in [2.05, 4.69) is 0 Å². The van der Waals surface area contributed by atoms with Gasteiger partial charge in [-0.05, 0) is 36.5 Å². The molecular formula is C15H18O3. The molecule has 2 aliphatic rings. The van der Waals surface area contributed by atoms with E-state index in [-0.39, 0.29) is 12.0 Å². The van der Waals surface area contributed by atoms with Crippen molar-refractivity contribution in [3.05, 3.63) is 29.8 Å². The Labute approximate surface area is 107 Å². The molecule has 96 valence electrons. The number of fused-ring (bicyclic) bond motifs is 2.